The Morgan fingerprint density at radius 3 is 2.44 bits per heavy atom. The first-order valence-electron chi connectivity index (χ1n) is 12.8. The Morgan fingerprint density at radius 2 is 1.83 bits per heavy atom. The van der Waals surface area contributed by atoms with E-state index in [0.717, 1.165) is 49.9 Å². The Bertz CT molecular complexity index is 1140. The zero-order valence-electron chi connectivity index (χ0n) is 20.3. The number of carboxylic acids is 1. The monoisotopic (exact) mass is 520 g/mol. The largest absolute Gasteiger partial charge is 0.481 e. The van der Waals surface area contributed by atoms with Crippen molar-refractivity contribution in [1.29, 1.82) is 0 Å². The lowest BCUT2D eigenvalue weighted by Crippen LogP contribution is -2.46. The summed E-state index contributed by atoms with van der Waals surface area (Å²) < 4.78 is 41.5. The molecule has 0 aliphatic heterocycles. The van der Waals surface area contributed by atoms with E-state index in [1.54, 1.807) is 0 Å². The normalized spacial score (nSPS) is 23.7. The topological polar surface area (TPSA) is 79.3 Å². The summed E-state index contributed by atoms with van der Waals surface area (Å²) in [5.41, 5.74) is 0.949. The van der Waals surface area contributed by atoms with E-state index in [0.29, 0.717) is 46.9 Å². The molecular weight excluding hydrogens is 489 g/mol. The van der Waals surface area contributed by atoms with Gasteiger partial charge in [-0.3, -0.25) is 9.59 Å². The molecule has 1 aromatic carbocycles. The van der Waals surface area contributed by atoms with E-state index in [1.165, 1.54) is 18.6 Å². The lowest BCUT2D eigenvalue weighted by Gasteiger charge is -2.32. The van der Waals surface area contributed by atoms with Crippen molar-refractivity contribution < 1.29 is 27.9 Å². The third-order valence-corrected chi connectivity index (χ3v) is 9.29. The van der Waals surface area contributed by atoms with Gasteiger partial charge >= 0.3 is 12.1 Å². The predicted molar refractivity (Wildman–Crippen MR) is 131 cm³/mol. The Morgan fingerprint density at radius 1 is 1.14 bits per heavy atom. The van der Waals surface area contributed by atoms with Crippen molar-refractivity contribution >= 4 is 23.2 Å². The minimum atomic E-state index is -4.46. The van der Waals surface area contributed by atoms with Crippen LogP contribution in [0.25, 0.3) is 10.4 Å². The van der Waals surface area contributed by atoms with Crippen LogP contribution in [0.15, 0.2) is 18.2 Å². The van der Waals surface area contributed by atoms with Gasteiger partial charge in [-0.15, -0.1) is 11.3 Å². The number of halogens is 3. The molecule has 3 aliphatic rings. The average molecular weight is 521 g/mol. The molecule has 0 atom stereocenters. The number of aliphatic carboxylic acids is 1. The maximum absolute atomic E-state index is 13.8. The third kappa shape index (κ3) is 5.31. The van der Waals surface area contributed by atoms with Gasteiger partial charge in [-0.25, -0.2) is 4.98 Å². The van der Waals surface area contributed by atoms with Crippen LogP contribution in [0.5, 0.6) is 0 Å². The number of benzene rings is 1. The number of rotatable bonds is 7. The van der Waals surface area contributed by atoms with E-state index in [2.05, 4.69) is 10.3 Å². The molecule has 194 valence electrons. The first-order chi connectivity index (χ1) is 17.0. The number of aromatic nitrogens is 1. The Balaban J connectivity index is 1.48. The first kappa shape index (κ1) is 25.2. The number of amides is 1. The standard InChI is InChI=1S/C27H31F3N2O3S/c1-26(7-8-26)18-10-16(11-19(14-18)27(28,29)30)22-21(9-15-5-3-2-4-6-15)32-24(36-22)23(33)31-20-12-17(13-20)25(34)35/h10-11,14-15,17,20H,2-9,12-13H2,1H3,(H,31,33)(H,34,35). The molecule has 1 amide bonds. The Kier molecular flexibility index (Phi) is 6.64. The van der Waals surface area contributed by atoms with Gasteiger partial charge < -0.3 is 10.4 Å². The maximum Gasteiger partial charge on any atom is 0.416 e. The van der Waals surface area contributed by atoms with Crippen LogP contribution in [0.3, 0.4) is 0 Å². The van der Waals surface area contributed by atoms with Crippen molar-refractivity contribution in [1.82, 2.24) is 10.3 Å². The van der Waals surface area contributed by atoms with Crippen LogP contribution in [0.4, 0.5) is 13.2 Å². The zero-order valence-corrected chi connectivity index (χ0v) is 21.1. The minimum Gasteiger partial charge on any atom is -0.481 e. The highest BCUT2D eigenvalue weighted by Gasteiger charge is 2.42. The summed E-state index contributed by atoms with van der Waals surface area (Å²) in [7, 11) is 0. The summed E-state index contributed by atoms with van der Waals surface area (Å²) >= 11 is 1.15. The van der Waals surface area contributed by atoms with Crippen LogP contribution < -0.4 is 5.32 Å². The summed E-state index contributed by atoms with van der Waals surface area (Å²) in [6.45, 7) is 1.99. The number of hydrogen-bond acceptors (Lipinski definition) is 4. The van der Waals surface area contributed by atoms with E-state index in [-0.39, 0.29) is 22.4 Å². The highest BCUT2D eigenvalue weighted by molar-refractivity contribution is 7.17. The number of alkyl halides is 3. The van der Waals surface area contributed by atoms with Gasteiger partial charge in [0.15, 0.2) is 5.01 Å². The molecule has 36 heavy (non-hydrogen) atoms. The number of nitrogens with zero attached hydrogens (tertiary/aromatic N) is 1. The number of hydrogen-bond donors (Lipinski definition) is 2. The fraction of sp³-hybridized carbons (Fsp3) is 0.593. The predicted octanol–water partition coefficient (Wildman–Crippen LogP) is 6.60. The Hall–Kier alpha value is -2.42. The van der Waals surface area contributed by atoms with Gasteiger partial charge in [0.25, 0.3) is 5.91 Å². The molecule has 2 aromatic rings. The number of nitrogens with one attached hydrogen (secondary N) is 1. The van der Waals surface area contributed by atoms with Gasteiger partial charge in [-0.05, 0) is 72.8 Å². The molecule has 5 rings (SSSR count). The van der Waals surface area contributed by atoms with Gasteiger partial charge in [0.1, 0.15) is 0 Å². The molecule has 0 radical (unpaired) electrons. The van der Waals surface area contributed by atoms with Crippen molar-refractivity contribution in [2.75, 3.05) is 0 Å². The van der Waals surface area contributed by atoms with Gasteiger partial charge in [0, 0.05) is 6.04 Å². The van der Waals surface area contributed by atoms with Crippen LogP contribution in [0, 0.1) is 11.8 Å². The molecule has 0 saturated heterocycles. The maximum atomic E-state index is 13.8. The summed E-state index contributed by atoms with van der Waals surface area (Å²) in [5, 5.41) is 12.2. The summed E-state index contributed by atoms with van der Waals surface area (Å²) in [6.07, 6.45) is 4.24. The van der Waals surface area contributed by atoms with Crippen molar-refractivity contribution in [3.63, 3.8) is 0 Å². The second-order valence-electron chi connectivity index (χ2n) is 11.0. The molecule has 9 heteroatoms. The lowest BCUT2D eigenvalue weighted by atomic mass is 9.80. The molecule has 1 aromatic heterocycles. The van der Waals surface area contributed by atoms with E-state index in [9.17, 15) is 22.8 Å². The fourth-order valence-electron chi connectivity index (χ4n) is 5.41. The fourth-order valence-corrected chi connectivity index (χ4v) is 6.39. The van der Waals surface area contributed by atoms with E-state index in [1.807, 2.05) is 13.0 Å². The Labute approximate surface area is 212 Å². The van der Waals surface area contributed by atoms with Crippen LogP contribution >= 0.6 is 11.3 Å². The first-order valence-corrected chi connectivity index (χ1v) is 13.6. The quantitative estimate of drug-likeness (QED) is 0.431. The van der Waals surface area contributed by atoms with Crippen molar-refractivity contribution in [3.8, 4) is 10.4 Å². The summed E-state index contributed by atoms with van der Waals surface area (Å²) in [6, 6.07) is 4.09. The van der Waals surface area contributed by atoms with Crippen LogP contribution in [0.2, 0.25) is 0 Å². The third-order valence-electron chi connectivity index (χ3n) is 8.14. The molecule has 1 heterocycles. The molecule has 0 bridgehead atoms. The van der Waals surface area contributed by atoms with Gasteiger partial charge in [0.05, 0.1) is 22.1 Å². The van der Waals surface area contributed by atoms with Crippen molar-refractivity contribution in [2.24, 2.45) is 11.8 Å². The molecule has 0 spiro atoms. The minimum absolute atomic E-state index is 0.220. The molecule has 2 N–H and O–H groups in total. The summed E-state index contributed by atoms with van der Waals surface area (Å²) in [4.78, 5) is 29.4. The van der Waals surface area contributed by atoms with E-state index >= 15 is 0 Å². The number of carbonyl (C=O) groups is 2. The van der Waals surface area contributed by atoms with E-state index in [4.69, 9.17) is 5.11 Å². The van der Waals surface area contributed by atoms with Crippen molar-refractivity contribution in [2.45, 2.75) is 88.8 Å². The highest BCUT2D eigenvalue weighted by Crippen LogP contribution is 2.50. The molecule has 0 unspecified atom stereocenters. The van der Waals surface area contributed by atoms with Gasteiger partial charge in [-0.2, -0.15) is 13.2 Å². The van der Waals surface area contributed by atoms with Crippen molar-refractivity contribution in [3.05, 3.63) is 40.0 Å². The summed E-state index contributed by atoms with van der Waals surface area (Å²) in [5.74, 6) is -1.29. The van der Waals surface area contributed by atoms with Crippen LogP contribution in [-0.4, -0.2) is 28.0 Å². The molecule has 3 fully saturated rings. The van der Waals surface area contributed by atoms with Gasteiger partial charge in [-0.1, -0.05) is 39.0 Å². The van der Waals surface area contributed by atoms with Gasteiger partial charge in [0.2, 0.25) is 0 Å². The van der Waals surface area contributed by atoms with E-state index < -0.39 is 23.6 Å². The smallest absolute Gasteiger partial charge is 0.416 e. The van der Waals surface area contributed by atoms with Crippen LogP contribution in [0.1, 0.15) is 91.3 Å². The molecule has 5 nitrogen and oxygen atoms in total. The number of carboxylic acid groups (broad SMARTS) is 1. The zero-order chi connectivity index (χ0) is 25.7. The number of thiazole rings is 1. The average Bonchev–Trinajstić information content (AvgIpc) is 3.42. The molecular formula is C27H31F3N2O3S. The SMILES string of the molecule is CC1(c2cc(-c3sc(C(=O)NC4CC(C(=O)O)C4)nc3CC3CCCCC3)cc(C(F)(F)F)c2)CC1. The molecule has 3 saturated carbocycles. The van der Waals surface area contributed by atoms with Crippen LogP contribution in [-0.2, 0) is 22.8 Å². The number of carbonyl (C=O) groups excluding carboxylic acids is 1. The second kappa shape index (κ2) is 9.47. The lowest BCUT2D eigenvalue weighted by molar-refractivity contribution is -0.145. The second-order valence-corrected chi connectivity index (χ2v) is 12.0. The molecule has 3 aliphatic carbocycles. The highest BCUT2D eigenvalue weighted by atomic mass is 32.1.